The third kappa shape index (κ3) is 4.41. The van der Waals surface area contributed by atoms with Gasteiger partial charge in [0.25, 0.3) is 0 Å². The first-order chi connectivity index (χ1) is 12.0. The van der Waals surface area contributed by atoms with E-state index in [0.717, 1.165) is 44.5 Å². The van der Waals surface area contributed by atoms with Gasteiger partial charge >= 0.3 is 0 Å². The number of hydrogen-bond acceptors (Lipinski definition) is 5. The predicted molar refractivity (Wildman–Crippen MR) is 96.9 cm³/mol. The van der Waals surface area contributed by atoms with Crippen LogP contribution in [-0.4, -0.2) is 58.8 Å². The van der Waals surface area contributed by atoms with Crippen molar-refractivity contribution >= 4 is 23.3 Å². The van der Waals surface area contributed by atoms with Gasteiger partial charge < -0.3 is 20.9 Å². The molecule has 3 N–H and O–H groups in total. The fraction of sp³-hybridized carbons (Fsp3) is 0.611. The summed E-state index contributed by atoms with van der Waals surface area (Å²) in [7, 11) is 0. The highest BCUT2D eigenvalue weighted by Crippen LogP contribution is 2.22. The lowest BCUT2D eigenvalue weighted by molar-refractivity contribution is -0.135. The number of amides is 2. The van der Waals surface area contributed by atoms with Gasteiger partial charge in [-0.05, 0) is 37.8 Å². The van der Waals surface area contributed by atoms with E-state index in [0.29, 0.717) is 24.9 Å². The summed E-state index contributed by atoms with van der Waals surface area (Å²) >= 11 is 0. The molecule has 1 aromatic rings. The van der Waals surface area contributed by atoms with Crippen LogP contribution >= 0.6 is 0 Å². The van der Waals surface area contributed by atoms with Gasteiger partial charge in [-0.2, -0.15) is 0 Å². The lowest BCUT2D eigenvalue weighted by Gasteiger charge is -2.24. The first kappa shape index (κ1) is 17.5. The molecule has 136 valence electrons. The maximum Gasteiger partial charge on any atom is 0.227 e. The first-order valence-electron chi connectivity index (χ1n) is 9.05. The molecule has 3 heterocycles. The summed E-state index contributed by atoms with van der Waals surface area (Å²) in [4.78, 5) is 32.1. The van der Waals surface area contributed by atoms with E-state index in [2.05, 4.69) is 10.3 Å². The average Bonchev–Trinajstić information content (AvgIpc) is 2.98. The molecule has 0 aromatic carbocycles. The van der Waals surface area contributed by atoms with Crippen molar-refractivity contribution in [1.29, 1.82) is 0 Å². The van der Waals surface area contributed by atoms with Crippen molar-refractivity contribution in [3.05, 3.63) is 18.3 Å². The van der Waals surface area contributed by atoms with E-state index in [1.54, 1.807) is 24.1 Å². The number of nitrogens with two attached hydrogens (primary N) is 1. The van der Waals surface area contributed by atoms with Gasteiger partial charge in [0.05, 0.1) is 17.8 Å². The van der Waals surface area contributed by atoms with Gasteiger partial charge in [-0.1, -0.05) is 0 Å². The summed E-state index contributed by atoms with van der Waals surface area (Å²) in [5.74, 6) is 0.750. The first-order valence-corrected chi connectivity index (χ1v) is 9.05. The second-order valence-corrected chi connectivity index (χ2v) is 7.02. The zero-order valence-electron chi connectivity index (χ0n) is 14.8. The number of anilines is 2. The van der Waals surface area contributed by atoms with E-state index in [1.807, 2.05) is 11.0 Å². The molecule has 1 aromatic heterocycles. The number of likely N-dealkylation sites (tertiary alicyclic amines) is 2. The fourth-order valence-corrected chi connectivity index (χ4v) is 3.69. The van der Waals surface area contributed by atoms with Crippen molar-refractivity contribution in [2.45, 2.75) is 38.6 Å². The van der Waals surface area contributed by atoms with Crippen LogP contribution in [0.1, 0.15) is 32.6 Å². The van der Waals surface area contributed by atoms with Gasteiger partial charge in [0.2, 0.25) is 11.8 Å². The van der Waals surface area contributed by atoms with Crippen LogP contribution in [0, 0.1) is 5.92 Å². The van der Waals surface area contributed by atoms with Gasteiger partial charge in [-0.15, -0.1) is 0 Å². The van der Waals surface area contributed by atoms with Crippen LogP contribution < -0.4 is 11.1 Å². The summed E-state index contributed by atoms with van der Waals surface area (Å²) in [5.41, 5.74) is 6.58. The van der Waals surface area contributed by atoms with E-state index in [4.69, 9.17) is 5.73 Å². The van der Waals surface area contributed by atoms with Crippen LogP contribution in [0.25, 0.3) is 0 Å². The van der Waals surface area contributed by atoms with E-state index in [-0.39, 0.29) is 17.7 Å². The molecule has 0 saturated carbocycles. The summed E-state index contributed by atoms with van der Waals surface area (Å²) in [6.07, 6.45) is 5.46. The minimum absolute atomic E-state index is 0.0327. The number of pyridine rings is 1. The second-order valence-electron chi connectivity index (χ2n) is 7.02. The topological polar surface area (TPSA) is 91.6 Å². The Kier molecular flexibility index (Phi) is 5.40. The molecular formula is C18H27N5O2. The van der Waals surface area contributed by atoms with Crippen LogP contribution in [0.15, 0.2) is 18.3 Å². The van der Waals surface area contributed by atoms with Gasteiger partial charge in [-0.3, -0.25) is 9.59 Å². The maximum absolute atomic E-state index is 12.8. The Morgan fingerprint density at radius 1 is 1.16 bits per heavy atom. The van der Waals surface area contributed by atoms with Crippen LogP contribution in [0.3, 0.4) is 0 Å². The van der Waals surface area contributed by atoms with Crippen molar-refractivity contribution in [1.82, 2.24) is 14.8 Å². The molecule has 0 unspecified atom stereocenters. The van der Waals surface area contributed by atoms with Gasteiger partial charge in [0, 0.05) is 39.1 Å². The molecule has 25 heavy (non-hydrogen) atoms. The molecule has 2 fully saturated rings. The minimum Gasteiger partial charge on any atom is -0.384 e. The SMILES string of the molecule is CC(=O)N1CC[C@H](C(=O)N2CCC[C@@H](Nc3ccc(N)nc3)CC2)C1. The number of carbonyl (C=O) groups is 2. The minimum atomic E-state index is -0.0327. The van der Waals surface area contributed by atoms with Crippen molar-refractivity contribution in [2.24, 2.45) is 5.92 Å². The van der Waals surface area contributed by atoms with Crippen LogP contribution in [0.5, 0.6) is 0 Å². The standard InChI is InChI=1S/C18H27N5O2/c1-13(24)23-9-6-14(12-23)18(25)22-8-2-3-15(7-10-22)21-16-4-5-17(19)20-11-16/h4-5,11,14-15,21H,2-3,6-10,12H2,1H3,(H2,19,20)/t14-,15+/m0/s1. The van der Waals surface area contributed by atoms with E-state index >= 15 is 0 Å². The lowest BCUT2D eigenvalue weighted by atomic mass is 10.1. The third-order valence-electron chi connectivity index (χ3n) is 5.18. The van der Waals surface area contributed by atoms with Crippen molar-refractivity contribution in [3.63, 3.8) is 0 Å². The molecule has 0 aliphatic carbocycles. The third-order valence-corrected chi connectivity index (χ3v) is 5.18. The molecule has 0 spiro atoms. The Morgan fingerprint density at radius 3 is 2.64 bits per heavy atom. The summed E-state index contributed by atoms with van der Waals surface area (Å²) < 4.78 is 0. The smallest absolute Gasteiger partial charge is 0.227 e. The Bertz CT molecular complexity index is 618. The largest absolute Gasteiger partial charge is 0.384 e. The number of nitrogen functional groups attached to an aromatic ring is 1. The summed E-state index contributed by atoms with van der Waals surface area (Å²) in [6, 6.07) is 4.06. The summed E-state index contributed by atoms with van der Waals surface area (Å²) in [5, 5.41) is 3.49. The molecule has 2 saturated heterocycles. The van der Waals surface area contributed by atoms with Gasteiger partial charge in [0.15, 0.2) is 0 Å². The fourth-order valence-electron chi connectivity index (χ4n) is 3.69. The van der Waals surface area contributed by atoms with Gasteiger partial charge in [0.1, 0.15) is 5.82 Å². The average molecular weight is 345 g/mol. The lowest BCUT2D eigenvalue weighted by Crippen LogP contribution is -2.38. The highest BCUT2D eigenvalue weighted by Gasteiger charge is 2.33. The number of aromatic nitrogens is 1. The van der Waals surface area contributed by atoms with Crippen molar-refractivity contribution in [3.8, 4) is 0 Å². The highest BCUT2D eigenvalue weighted by molar-refractivity contribution is 5.81. The van der Waals surface area contributed by atoms with Crippen molar-refractivity contribution in [2.75, 3.05) is 37.2 Å². The second kappa shape index (κ2) is 7.72. The predicted octanol–water partition coefficient (Wildman–Crippen LogP) is 1.33. The van der Waals surface area contributed by atoms with Crippen LogP contribution in [0.4, 0.5) is 11.5 Å². The quantitative estimate of drug-likeness (QED) is 0.862. The molecule has 7 nitrogen and oxygen atoms in total. The Hall–Kier alpha value is -2.31. The number of nitrogens with one attached hydrogen (secondary N) is 1. The molecule has 0 bridgehead atoms. The normalized spacial score (nSPS) is 24.0. The monoisotopic (exact) mass is 345 g/mol. The van der Waals surface area contributed by atoms with E-state index in [9.17, 15) is 9.59 Å². The molecule has 2 aliphatic rings. The van der Waals surface area contributed by atoms with Crippen LogP contribution in [0.2, 0.25) is 0 Å². The Morgan fingerprint density at radius 2 is 1.96 bits per heavy atom. The Balaban J connectivity index is 1.52. The highest BCUT2D eigenvalue weighted by atomic mass is 16.2. The summed E-state index contributed by atoms with van der Waals surface area (Å²) in [6.45, 7) is 4.40. The zero-order chi connectivity index (χ0) is 17.8. The number of hydrogen-bond donors (Lipinski definition) is 2. The molecule has 0 radical (unpaired) electrons. The van der Waals surface area contributed by atoms with E-state index in [1.165, 1.54) is 0 Å². The zero-order valence-corrected chi connectivity index (χ0v) is 14.8. The molecule has 3 rings (SSSR count). The number of rotatable bonds is 3. The van der Waals surface area contributed by atoms with Crippen molar-refractivity contribution < 1.29 is 9.59 Å². The maximum atomic E-state index is 12.8. The molecule has 7 heteroatoms. The van der Waals surface area contributed by atoms with Crippen LogP contribution in [-0.2, 0) is 9.59 Å². The number of nitrogens with zero attached hydrogens (tertiary/aromatic N) is 3. The molecular weight excluding hydrogens is 318 g/mol. The molecule has 2 aliphatic heterocycles. The Labute approximate surface area is 148 Å². The van der Waals surface area contributed by atoms with E-state index < -0.39 is 0 Å². The molecule has 2 atom stereocenters. The van der Waals surface area contributed by atoms with Gasteiger partial charge in [-0.25, -0.2) is 4.98 Å². The number of carbonyl (C=O) groups excluding carboxylic acids is 2. The molecule has 2 amide bonds.